The van der Waals surface area contributed by atoms with Crippen molar-refractivity contribution in [2.75, 3.05) is 6.61 Å². The van der Waals surface area contributed by atoms with E-state index in [-0.39, 0.29) is 18.3 Å². The van der Waals surface area contributed by atoms with Crippen molar-refractivity contribution in [1.29, 1.82) is 0 Å². The van der Waals surface area contributed by atoms with E-state index in [0.29, 0.717) is 18.1 Å². The minimum atomic E-state index is -0.498. The maximum atomic E-state index is 11.7. The molecular weight excluding hydrogens is 242 g/mol. The molecule has 4 nitrogen and oxygen atoms in total. The summed E-state index contributed by atoms with van der Waals surface area (Å²) < 4.78 is 4.76. The first-order valence-electron chi connectivity index (χ1n) is 5.35. The zero-order valence-electron chi connectivity index (χ0n) is 9.11. The molecule has 1 amide bonds. The van der Waals surface area contributed by atoms with E-state index in [2.05, 4.69) is 5.32 Å². The van der Waals surface area contributed by atoms with Crippen molar-refractivity contribution >= 4 is 23.5 Å². The molecule has 1 fully saturated rings. The molecule has 0 saturated carbocycles. The number of amides is 1. The van der Waals surface area contributed by atoms with Gasteiger partial charge in [-0.25, -0.2) is 4.79 Å². The Bertz CT molecular complexity index is 447. The van der Waals surface area contributed by atoms with Gasteiger partial charge in [-0.15, -0.1) is 0 Å². The molecule has 17 heavy (non-hydrogen) atoms. The first kappa shape index (κ1) is 11.9. The quantitative estimate of drug-likeness (QED) is 0.827. The fourth-order valence-corrected chi connectivity index (χ4v) is 1.92. The summed E-state index contributed by atoms with van der Waals surface area (Å²) in [6.45, 7) is 0.376. The van der Waals surface area contributed by atoms with Gasteiger partial charge in [0, 0.05) is 11.4 Å². The highest BCUT2D eigenvalue weighted by Crippen LogP contribution is 2.11. The van der Waals surface area contributed by atoms with Gasteiger partial charge < -0.3 is 10.1 Å². The van der Waals surface area contributed by atoms with Gasteiger partial charge in [0.15, 0.2) is 0 Å². The van der Waals surface area contributed by atoms with E-state index in [0.717, 1.165) is 5.56 Å². The molecule has 90 valence electrons. The second-order valence-corrected chi connectivity index (χ2v) is 4.32. The third-order valence-electron chi connectivity index (χ3n) is 2.52. The molecule has 1 aromatic rings. The Morgan fingerprint density at radius 1 is 1.53 bits per heavy atom. The largest absolute Gasteiger partial charge is 0.464 e. The third-order valence-corrected chi connectivity index (χ3v) is 2.76. The van der Waals surface area contributed by atoms with Crippen LogP contribution in [0.4, 0.5) is 0 Å². The Kier molecular flexibility index (Phi) is 3.64. The van der Waals surface area contributed by atoms with Crippen LogP contribution in [0.5, 0.6) is 0 Å². The number of halogens is 1. The molecule has 0 unspecified atom stereocenters. The number of nitrogens with one attached hydrogen (secondary N) is 1. The number of carbonyl (C=O) groups is 2. The maximum absolute atomic E-state index is 11.7. The van der Waals surface area contributed by atoms with Crippen molar-refractivity contribution in [2.24, 2.45) is 0 Å². The van der Waals surface area contributed by atoms with Crippen LogP contribution in [0.2, 0.25) is 5.02 Å². The summed E-state index contributed by atoms with van der Waals surface area (Å²) in [5, 5.41) is 3.23. The van der Waals surface area contributed by atoms with Crippen molar-refractivity contribution in [2.45, 2.75) is 18.9 Å². The highest BCUT2D eigenvalue weighted by molar-refractivity contribution is 6.30. The normalized spacial score (nSPS) is 18.9. The number of ether oxygens (including phenoxy) is 1. The lowest BCUT2D eigenvalue weighted by molar-refractivity contribution is -0.141. The second kappa shape index (κ2) is 5.19. The molecule has 0 bridgehead atoms. The molecule has 0 spiro atoms. The van der Waals surface area contributed by atoms with Gasteiger partial charge in [-0.2, -0.15) is 0 Å². The SMILES string of the molecule is O=C(Cc1cccc(Cl)c1)N[C@H]1CCOC1=O. The molecule has 0 aromatic heterocycles. The van der Waals surface area contributed by atoms with E-state index in [9.17, 15) is 9.59 Å². The molecule has 0 aliphatic carbocycles. The number of esters is 1. The minimum absolute atomic E-state index is 0.198. The highest BCUT2D eigenvalue weighted by atomic mass is 35.5. The van der Waals surface area contributed by atoms with Crippen LogP contribution in [0.25, 0.3) is 0 Å². The molecule has 1 aromatic carbocycles. The van der Waals surface area contributed by atoms with Crippen LogP contribution in [0.1, 0.15) is 12.0 Å². The predicted octanol–water partition coefficient (Wildman–Crippen LogP) is 1.31. The van der Waals surface area contributed by atoms with Crippen molar-refractivity contribution < 1.29 is 14.3 Å². The molecule has 1 aliphatic rings. The molecule has 1 atom stereocenters. The maximum Gasteiger partial charge on any atom is 0.328 e. The molecule has 0 radical (unpaired) electrons. The van der Waals surface area contributed by atoms with E-state index < -0.39 is 6.04 Å². The van der Waals surface area contributed by atoms with E-state index >= 15 is 0 Å². The highest BCUT2D eigenvalue weighted by Gasteiger charge is 2.27. The minimum Gasteiger partial charge on any atom is -0.464 e. The standard InChI is InChI=1S/C12H12ClNO3/c13-9-3-1-2-8(6-9)7-11(15)14-10-4-5-17-12(10)16/h1-3,6,10H,4-5,7H2,(H,14,15)/t10-/m0/s1. The van der Waals surface area contributed by atoms with Crippen LogP contribution in [0.15, 0.2) is 24.3 Å². The zero-order valence-corrected chi connectivity index (χ0v) is 9.87. The second-order valence-electron chi connectivity index (χ2n) is 3.88. The average Bonchev–Trinajstić information content (AvgIpc) is 2.64. The lowest BCUT2D eigenvalue weighted by Crippen LogP contribution is -2.38. The lowest BCUT2D eigenvalue weighted by Gasteiger charge is -2.08. The van der Waals surface area contributed by atoms with Gasteiger partial charge in [-0.3, -0.25) is 4.79 Å². The number of rotatable bonds is 3. The van der Waals surface area contributed by atoms with Crippen LogP contribution < -0.4 is 5.32 Å². The summed E-state index contributed by atoms with van der Waals surface area (Å²) in [5.74, 6) is -0.555. The van der Waals surface area contributed by atoms with E-state index in [1.807, 2.05) is 6.07 Å². The Morgan fingerprint density at radius 3 is 3.00 bits per heavy atom. The molecule has 1 heterocycles. The summed E-state index contributed by atoms with van der Waals surface area (Å²) in [6, 6.07) is 6.58. The van der Waals surface area contributed by atoms with Crippen LogP contribution in [-0.2, 0) is 20.7 Å². The van der Waals surface area contributed by atoms with Gasteiger partial charge in [0.1, 0.15) is 6.04 Å². The Morgan fingerprint density at radius 2 is 2.35 bits per heavy atom. The van der Waals surface area contributed by atoms with Crippen molar-refractivity contribution in [3.8, 4) is 0 Å². The van der Waals surface area contributed by atoms with Gasteiger partial charge in [0.05, 0.1) is 13.0 Å². The fraction of sp³-hybridized carbons (Fsp3) is 0.333. The van der Waals surface area contributed by atoms with Crippen molar-refractivity contribution in [1.82, 2.24) is 5.32 Å². The van der Waals surface area contributed by atoms with Crippen LogP contribution >= 0.6 is 11.6 Å². The van der Waals surface area contributed by atoms with Gasteiger partial charge in [0.25, 0.3) is 0 Å². The first-order chi connectivity index (χ1) is 8.15. The summed E-state index contributed by atoms with van der Waals surface area (Å²) in [7, 11) is 0. The van der Waals surface area contributed by atoms with Gasteiger partial charge >= 0.3 is 5.97 Å². The van der Waals surface area contributed by atoms with Crippen LogP contribution in [-0.4, -0.2) is 24.5 Å². The van der Waals surface area contributed by atoms with Crippen molar-refractivity contribution in [3.63, 3.8) is 0 Å². The number of hydrogen-bond acceptors (Lipinski definition) is 3. The summed E-state index contributed by atoms with van der Waals surface area (Å²) in [4.78, 5) is 22.8. The van der Waals surface area contributed by atoms with Crippen molar-refractivity contribution in [3.05, 3.63) is 34.9 Å². The molecule has 1 aliphatic heterocycles. The van der Waals surface area contributed by atoms with Gasteiger partial charge in [0.2, 0.25) is 5.91 Å². The molecule has 1 N–H and O–H groups in total. The monoisotopic (exact) mass is 253 g/mol. The smallest absolute Gasteiger partial charge is 0.328 e. The van der Waals surface area contributed by atoms with Gasteiger partial charge in [-0.1, -0.05) is 23.7 Å². The fourth-order valence-electron chi connectivity index (χ4n) is 1.70. The summed E-state index contributed by atoms with van der Waals surface area (Å²) >= 11 is 5.82. The number of hydrogen-bond donors (Lipinski definition) is 1. The number of cyclic esters (lactones) is 1. The Balaban J connectivity index is 1.91. The lowest BCUT2D eigenvalue weighted by atomic mass is 10.1. The third kappa shape index (κ3) is 3.20. The molecular formula is C12H12ClNO3. The number of carbonyl (C=O) groups excluding carboxylic acids is 2. The average molecular weight is 254 g/mol. The van der Waals surface area contributed by atoms with E-state index in [1.54, 1.807) is 18.2 Å². The van der Waals surface area contributed by atoms with E-state index in [1.165, 1.54) is 0 Å². The van der Waals surface area contributed by atoms with Gasteiger partial charge in [-0.05, 0) is 17.7 Å². The first-order valence-corrected chi connectivity index (χ1v) is 5.73. The van der Waals surface area contributed by atoms with Crippen LogP contribution in [0.3, 0.4) is 0 Å². The topological polar surface area (TPSA) is 55.4 Å². The number of benzene rings is 1. The summed E-state index contributed by atoms with van der Waals surface area (Å²) in [5.41, 5.74) is 0.821. The Labute approximate surface area is 104 Å². The molecule has 2 rings (SSSR count). The zero-order chi connectivity index (χ0) is 12.3. The summed E-state index contributed by atoms with van der Waals surface area (Å²) in [6.07, 6.45) is 0.754. The molecule has 1 saturated heterocycles. The predicted molar refractivity (Wildman–Crippen MR) is 62.7 cm³/mol. The van der Waals surface area contributed by atoms with E-state index in [4.69, 9.17) is 16.3 Å². The Hall–Kier alpha value is -1.55. The van der Waals surface area contributed by atoms with Crippen LogP contribution in [0, 0.1) is 0 Å². The molecule has 5 heteroatoms.